The standard InChI is InChI=1S/C30H25F4N5O4/c1-28(27(35)41)14-43-25-20(28)12-23(37-24(25)16-4-7-19(31)8-5-16)29(42,30(32,33)34)13-36-26(40)17-6-9-21-18(10-17)11-22(39-38-21)15-2-3-15/h4-12,15,42H,2-3,13-14H2,1H3,(H2,35,41)(H,36,40)/t28-,29+/m0/s1. The van der Waals surface area contributed by atoms with Gasteiger partial charge in [0.2, 0.25) is 11.5 Å². The molecule has 222 valence electrons. The largest absolute Gasteiger partial charge is 0.489 e. The summed E-state index contributed by atoms with van der Waals surface area (Å²) >= 11 is 0. The molecule has 2 atom stereocenters. The molecule has 2 aliphatic rings. The highest BCUT2D eigenvalue weighted by Gasteiger charge is 2.57. The number of nitrogens with two attached hydrogens (primary N) is 1. The lowest BCUT2D eigenvalue weighted by Gasteiger charge is -2.31. The zero-order valence-corrected chi connectivity index (χ0v) is 22.7. The van der Waals surface area contributed by atoms with Crippen molar-refractivity contribution in [2.45, 2.75) is 42.9 Å². The molecule has 1 fully saturated rings. The molecule has 9 nitrogen and oxygen atoms in total. The number of fused-ring (bicyclic) bond motifs is 2. The fraction of sp³-hybridized carbons (Fsp3) is 0.300. The molecule has 6 rings (SSSR count). The van der Waals surface area contributed by atoms with Crippen LogP contribution in [0.15, 0.2) is 54.6 Å². The van der Waals surface area contributed by atoms with Crippen molar-refractivity contribution >= 4 is 22.7 Å². The van der Waals surface area contributed by atoms with Crippen molar-refractivity contribution in [2.24, 2.45) is 5.73 Å². The second-order valence-electron chi connectivity index (χ2n) is 11.1. The summed E-state index contributed by atoms with van der Waals surface area (Å²) in [6.07, 6.45) is -3.36. The molecule has 2 amide bonds. The summed E-state index contributed by atoms with van der Waals surface area (Å²) in [4.78, 5) is 29.5. The van der Waals surface area contributed by atoms with Crippen LogP contribution < -0.4 is 15.8 Å². The van der Waals surface area contributed by atoms with Crippen molar-refractivity contribution in [3.05, 3.63) is 82.9 Å². The Bertz CT molecular complexity index is 1780. The summed E-state index contributed by atoms with van der Waals surface area (Å²) in [5.74, 6) is -2.06. The molecule has 0 radical (unpaired) electrons. The van der Waals surface area contributed by atoms with E-state index in [9.17, 15) is 32.3 Å². The quantitative estimate of drug-likeness (QED) is 0.274. The zero-order chi connectivity index (χ0) is 30.7. The van der Waals surface area contributed by atoms with Gasteiger partial charge in [0.05, 0.1) is 23.4 Å². The third kappa shape index (κ3) is 4.92. The van der Waals surface area contributed by atoms with E-state index in [1.165, 1.54) is 37.3 Å². The number of alkyl halides is 3. The predicted molar refractivity (Wildman–Crippen MR) is 145 cm³/mol. The molecule has 0 saturated heterocycles. The summed E-state index contributed by atoms with van der Waals surface area (Å²) in [5.41, 5.74) is 0.775. The number of nitrogens with one attached hydrogen (secondary N) is 1. The van der Waals surface area contributed by atoms with Crippen LogP contribution in [-0.4, -0.2) is 51.4 Å². The van der Waals surface area contributed by atoms with Crippen LogP contribution in [0.4, 0.5) is 17.6 Å². The summed E-state index contributed by atoms with van der Waals surface area (Å²) in [5, 5.41) is 22.3. The van der Waals surface area contributed by atoms with E-state index in [1.54, 1.807) is 6.07 Å². The van der Waals surface area contributed by atoms with Gasteiger partial charge >= 0.3 is 6.18 Å². The number of nitrogens with zero attached hydrogens (tertiary/aromatic N) is 3. The fourth-order valence-corrected chi connectivity index (χ4v) is 5.03. The maximum absolute atomic E-state index is 14.6. The molecule has 2 aromatic carbocycles. The van der Waals surface area contributed by atoms with Gasteiger partial charge in [-0.15, -0.1) is 0 Å². The molecule has 0 bridgehead atoms. The summed E-state index contributed by atoms with van der Waals surface area (Å²) in [6.45, 7) is -0.197. The second kappa shape index (κ2) is 9.97. The van der Waals surface area contributed by atoms with E-state index >= 15 is 0 Å². The molecular weight excluding hydrogens is 570 g/mol. The molecule has 0 unspecified atom stereocenters. The normalized spacial score (nSPS) is 19.4. The number of rotatable bonds is 7. The molecule has 1 aliphatic carbocycles. The number of benzene rings is 2. The third-order valence-corrected chi connectivity index (χ3v) is 7.99. The fourth-order valence-electron chi connectivity index (χ4n) is 5.03. The highest BCUT2D eigenvalue weighted by atomic mass is 19.4. The Labute approximate surface area is 242 Å². The van der Waals surface area contributed by atoms with E-state index in [0.717, 1.165) is 36.7 Å². The smallest absolute Gasteiger partial charge is 0.424 e. The maximum Gasteiger partial charge on any atom is 0.424 e. The van der Waals surface area contributed by atoms with Crippen LogP contribution >= 0.6 is 0 Å². The van der Waals surface area contributed by atoms with Crippen LogP contribution in [0.1, 0.15) is 53.0 Å². The number of carbonyl (C=O) groups excluding carboxylic acids is 2. The lowest BCUT2D eigenvalue weighted by molar-refractivity contribution is -0.265. The van der Waals surface area contributed by atoms with Crippen molar-refractivity contribution in [1.29, 1.82) is 0 Å². The van der Waals surface area contributed by atoms with Crippen LogP contribution in [0, 0.1) is 5.82 Å². The molecular formula is C30H25F4N5O4. The van der Waals surface area contributed by atoms with Gasteiger partial charge in [0.15, 0.2) is 0 Å². The van der Waals surface area contributed by atoms with Gasteiger partial charge in [0.25, 0.3) is 5.91 Å². The average molecular weight is 596 g/mol. The highest BCUT2D eigenvalue weighted by Crippen LogP contribution is 2.47. The van der Waals surface area contributed by atoms with E-state index < -0.39 is 47.1 Å². The molecule has 43 heavy (non-hydrogen) atoms. The van der Waals surface area contributed by atoms with Crippen molar-refractivity contribution < 1.29 is 37.0 Å². The topological polar surface area (TPSA) is 140 Å². The van der Waals surface area contributed by atoms with Crippen LogP contribution in [-0.2, 0) is 15.8 Å². The van der Waals surface area contributed by atoms with Crippen LogP contribution in [0.2, 0.25) is 0 Å². The van der Waals surface area contributed by atoms with Gasteiger partial charge in [-0.2, -0.15) is 23.4 Å². The zero-order valence-electron chi connectivity index (χ0n) is 22.7. The maximum atomic E-state index is 14.6. The predicted octanol–water partition coefficient (Wildman–Crippen LogP) is 4.02. The SMILES string of the molecule is C[C@]1(C(N)=O)COc2c1cc([C@](O)(CNC(=O)c1ccc3nnc(C4CC4)cc3c1)C(F)(F)F)nc2-c1ccc(F)cc1. The minimum absolute atomic E-state index is 0.0185. The first kappa shape index (κ1) is 28.5. The summed E-state index contributed by atoms with van der Waals surface area (Å²) < 4.78 is 63.2. The summed E-state index contributed by atoms with van der Waals surface area (Å²) in [7, 11) is 0. The first-order valence-electron chi connectivity index (χ1n) is 13.4. The highest BCUT2D eigenvalue weighted by molar-refractivity contribution is 5.98. The number of carbonyl (C=O) groups is 2. The Morgan fingerprint density at radius 2 is 1.81 bits per heavy atom. The Morgan fingerprint density at radius 1 is 1.09 bits per heavy atom. The number of amides is 2. The number of hydrogen-bond acceptors (Lipinski definition) is 7. The number of primary amides is 1. The second-order valence-corrected chi connectivity index (χ2v) is 11.1. The number of aliphatic hydroxyl groups is 1. The van der Waals surface area contributed by atoms with Gasteiger partial charge in [-0.25, -0.2) is 9.37 Å². The number of hydrogen-bond donors (Lipinski definition) is 3. The molecule has 4 N–H and O–H groups in total. The average Bonchev–Trinajstić information content (AvgIpc) is 3.77. The third-order valence-electron chi connectivity index (χ3n) is 7.99. The first-order valence-corrected chi connectivity index (χ1v) is 13.4. The van der Waals surface area contributed by atoms with Gasteiger partial charge in [-0.05, 0) is 74.4 Å². The Balaban J connectivity index is 1.38. The van der Waals surface area contributed by atoms with E-state index in [2.05, 4.69) is 20.5 Å². The van der Waals surface area contributed by atoms with Crippen molar-refractivity contribution in [2.75, 3.05) is 13.2 Å². The monoisotopic (exact) mass is 595 g/mol. The van der Waals surface area contributed by atoms with E-state index in [0.29, 0.717) is 16.8 Å². The lowest BCUT2D eigenvalue weighted by Crippen LogP contribution is -2.51. The van der Waals surface area contributed by atoms with E-state index in [-0.39, 0.29) is 34.7 Å². The van der Waals surface area contributed by atoms with Crippen LogP contribution in [0.5, 0.6) is 5.75 Å². The lowest BCUT2D eigenvalue weighted by atomic mass is 9.81. The molecule has 3 heterocycles. The van der Waals surface area contributed by atoms with Crippen LogP contribution in [0.25, 0.3) is 22.2 Å². The first-order chi connectivity index (χ1) is 20.3. The Morgan fingerprint density at radius 3 is 2.47 bits per heavy atom. The number of aromatic nitrogens is 3. The van der Waals surface area contributed by atoms with Crippen molar-refractivity contribution in [3.63, 3.8) is 0 Å². The minimum Gasteiger partial charge on any atom is -0.489 e. The molecule has 13 heteroatoms. The number of pyridine rings is 1. The van der Waals surface area contributed by atoms with Crippen molar-refractivity contribution in [1.82, 2.24) is 20.5 Å². The Hall–Kier alpha value is -4.65. The number of halogens is 4. The molecule has 0 spiro atoms. The molecule has 1 saturated carbocycles. The molecule has 1 aliphatic heterocycles. The summed E-state index contributed by atoms with van der Waals surface area (Å²) in [6, 6.07) is 11.8. The molecule has 4 aromatic rings. The van der Waals surface area contributed by atoms with Gasteiger partial charge in [-0.3, -0.25) is 9.59 Å². The van der Waals surface area contributed by atoms with Gasteiger partial charge in [-0.1, -0.05) is 0 Å². The molecule has 2 aromatic heterocycles. The van der Waals surface area contributed by atoms with Gasteiger partial charge in [0.1, 0.15) is 29.3 Å². The van der Waals surface area contributed by atoms with E-state index in [4.69, 9.17) is 10.5 Å². The van der Waals surface area contributed by atoms with E-state index in [1.807, 2.05) is 0 Å². The van der Waals surface area contributed by atoms with Crippen molar-refractivity contribution in [3.8, 4) is 17.0 Å². The minimum atomic E-state index is -5.33. The van der Waals surface area contributed by atoms with Gasteiger partial charge in [0, 0.05) is 28.0 Å². The Kier molecular flexibility index (Phi) is 6.60. The van der Waals surface area contributed by atoms with Gasteiger partial charge < -0.3 is 20.9 Å². The number of ether oxygens (including phenoxy) is 1. The van der Waals surface area contributed by atoms with Crippen LogP contribution in [0.3, 0.4) is 0 Å².